The molecule has 3 rings (SSSR count). The van der Waals surface area contributed by atoms with Crippen molar-refractivity contribution in [1.82, 2.24) is 9.80 Å². The summed E-state index contributed by atoms with van der Waals surface area (Å²) in [4.78, 5) is 17.1. The normalized spacial score (nSPS) is 26.7. The molecule has 2 saturated heterocycles. The second-order valence-electron chi connectivity index (χ2n) is 7.30. The van der Waals surface area contributed by atoms with Crippen LogP contribution < -0.4 is 9.47 Å². The fraction of sp³-hybridized carbons (Fsp3) is 0.650. The lowest BCUT2D eigenvalue weighted by molar-refractivity contribution is -0.135. The Morgan fingerprint density at radius 3 is 2.58 bits per heavy atom. The van der Waals surface area contributed by atoms with Gasteiger partial charge in [0.2, 0.25) is 0 Å². The van der Waals surface area contributed by atoms with Crippen LogP contribution in [0.1, 0.15) is 26.7 Å². The third-order valence-electron chi connectivity index (χ3n) is 5.08. The van der Waals surface area contributed by atoms with E-state index in [1.165, 1.54) is 0 Å². The van der Waals surface area contributed by atoms with E-state index in [4.69, 9.17) is 14.2 Å². The Hall–Kier alpha value is -1.79. The molecule has 0 aliphatic carbocycles. The summed E-state index contributed by atoms with van der Waals surface area (Å²) in [6.45, 7) is 7.86. The minimum atomic E-state index is 0.0484. The zero-order chi connectivity index (χ0) is 18.5. The Morgan fingerprint density at radius 2 is 1.88 bits per heavy atom. The van der Waals surface area contributed by atoms with Crippen molar-refractivity contribution in [2.24, 2.45) is 0 Å². The number of rotatable bonds is 6. The Bertz CT molecular complexity index is 599. The molecule has 0 unspecified atom stereocenters. The Morgan fingerprint density at radius 1 is 1.19 bits per heavy atom. The summed E-state index contributed by atoms with van der Waals surface area (Å²) >= 11 is 0. The van der Waals surface area contributed by atoms with E-state index in [0.717, 1.165) is 39.0 Å². The van der Waals surface area contributed by atoms with Gasteiger partial charge in [0.1, 0.15) is 0 Å². The van der Waals surface area contributed by atoms with Crippen molar-refractivity contribution in [3.8, 4) is 11.5 Å². The highest BCUT2D eigenvalue weighted by molar-refractivity contribution is 5.78. The van der Waals surface area contributed by atoms with Crippen molar-refractivity contribution in [1.29, 1.82) is 0 Å². The third-order valence-corrected chi connectivity index (χ3v) is 5.08. The van der Waals surface area contributed by atoms with Crippen LogP contribution in [0, 0.1) is 0 Å². The molecule has 2 aliphatic rings. The summed E-state index contributed by atoms with van der Waals surface area (Å²) in [5.41, 5.74) is 0. The monoisotopic (exact) mass is 362 g/mol. The van der Waals surface area contributed by atoms with Crippen LogP contribution in [0.5, 0.6) is 11.5 Å². The van der Waals surface area contributed by atoms with E-state index in [9.17, 15) is 4.79 Å². The Labute approximate surface area is 156 Å². The molecule has 0 aromatic heterocycles. The van der Waals surface area contributed by atoms with E-state index < -0.39 is 0 Å². The minimum Gasteiger partial charge on any atom is -0.493 e. The average Bonchev–Trinajstić information content (AvgIpc) is 3.07. The van der Waals surface area contributed by atoms with Crippen LogP contribution in [-0.2, 0) is 9.53 Å². The van der Waals surface area contributed by atoms with E-state index in [1.807, 2.05) is 29.2 Å². The van der Waals surface area contributed by atoms with Gasteiger partial charge >= 0.3 is 0 Å². The highest BCUT2D eigenvalue weighted by atomic mass is 16.5. The lowest BCUT2D eigenvalue weighted by atomic mass is 10.1. The third kappa shape index (κ3) is 4.68. The van der Waals surface area contributed by atoms with E-state index in [-0.39, 0.29) is 30.8 Å². The summed E-state index contributed by atoms with van der Waals surface area (Å²) < 4.78 is 16.8. The quantitative estimate of drug-likeness (QED) is 0.776. The first-order chi connectivity index (χ1) is 12.6. The van der Waals surface area contributed by atoms with Crippen LogP contribution >= 0.6 is 0 Å². The van der Waals surface area contributed by atoms with Gasteiger partial charge in [-0.3, -0.25) is 9.69 Å². The van der Waals surface area contributed by atoms with Gasteiger partial charge in [-0.25, -0.2) is 0 Å². The molecule has 144 valence electrons. The van der Waals surface area contributed by atoms with Gasteiger partial charge in [0.15, 0.2) is 18.1 Å². The topological polar surface area (TPSA) is 51.2 Å². The fourth-order valence-electron chi connectivity index (χ4n) is 4.05. The first-order valence-corrected chi connectivity index (χ1v) is 9.50. The summed E-state index contributed by atoms with van der Waals surface area (Å²) in [5.74, 6) is 1.30. The number of hydrogen-bond acceptors (Lipinski definition) is 5. The summed E-state index contributed by atoms with van der Waals surface area (Å²) in [7, 11) is 1.60. The van der Waals surface area contributed by atoms with Crippen LogP contribution in [0.25, 0.3) is 0 Å². The van der Waals surface area contributed by atoms with Gasteiger partial charge in [0.05, 0.1) is 19.3 Å². The van der Waals surface area contributed by atoms with E-state index in [0.29, 0.717) is 11.5 Å². The van der Waals surface area contributed by atoms with Crippen molar-refractivity contribution in [3.63, 3.8) is 0 Å². The van der Waals surface area contributed by atoms with Crippen molar-refractivity contribution >= 4 is 5.91 Å². The van der Waals surface area contributed by atoms with Crippen LogP contribution in [0.4, 0.5) is 0 Å². The first kappa shape index (κ1) is 19.0. The molecular formula is C20H30N2O4. The molecule has 0 bridgehead atoms. The number of amides is 1. The molecule has 2 heterocycles. The zero-order valence-electron chi connectivity index (χ0n) is 16.0. The number of morpholine rings is 1. The van der Waals surface area contributed by atoms with Crippen LogP contribution in [0.15, 0.2) is 24.3 Å². The molecule has 0 saturated carbocycles. The summed E-state index contributed by atoms with van der Waals surface area (Å²) in [5, 5.41) is 0. The van der Waals surface area contributed by atoms with Crippen molar-refractivity contribution in [2.75, 3.05) is 39.9 Å². The van der Waals surface area contributed by atoms with E-state index in [2.05, 4.69) is 18.7 Å². The number of para-hydroxylation sites is 2. The SMILES string of the molecule is COc1ccccc1OCC(=O)N1CCC[C@@H]1CN1C[C@H](C)O[C@@H](C)C1. The number of methoxy groups -OCH3 is 1. The average molecular weight is 362 g/mol. The maximum Gasteiger partial charge on any atom is 0.260 e. The number of ether oxygens (including phenoxy) is 3. The maximum absolute atomic E-state index is 12.7. The highest BCUT2D eigenvalue weighted by Gasteiger charge is 2.32. The molecular weight excluding hydrogens is 332 g/mol. The second kappa shape index (κ2) is 8.73. The summed E-state index contributed by atoms with van der Waals surface area (Å²) in [6.07, 6.45) is 2.61. The molecule has 3 atom stereocenters. The molecule has 2 aliphatic heterocycles. The van der Waals surface area contributed by atoms with Gasteiger partial charge < -0.3 is 19.1 Å². The molecule has 1 aromatic rings. The van der Waals surface area contributed by atoms with Crippen molar-refractivity contribution < 1.29 is 19.0 Å². The number of carbonyl (C=O) groups excluding carboxylic acids is 1. The molecule has 1 aromatic carbocycles. The smallest absolute Gasteiger partial charge is 0.260 e. The van der Waals surface area contributed by atoms with E-state index in [1.54, 1.807) is 7.11 Å². The molecule has 0 spiro atoms. The number of nitrogens with zero attached hydrogens (tertiary/aromatic N) is 2. The first-order valence-electron chi connectivity index (χ1n) is 9.50. The maximum atomic E-state index is 12.7. The number of carbonyl (C=O) groups is 1. The molecule has 6 nitrogen and oxygen atoms in total. The van der Waals surface area contributed by atoms with E-state index >= 15 is 0 Å². The fourth-order valence-corrected chi connectivity index (χ4v) is 4.05. The standard InChI is InChI=1S/C20H30N2O4/c1-15-11-21(12-16(2)26-15)13-17-7-6-10-22(17)20(23)14-25-19-9-5-4-8-18(19)24-3/h4-5,8-9,15-17H,6-7,10-14H2,1-3H3/t15-,16-,17+/m0/s1. The molecule has 0 radical (unpaired) electrons. The molecule has 2 fully saturated rings. The van der Waals surface area contributed by atoms with Gasteiger partial charge in [-0.15, -0.1) is 0 Å². The Balaban J connectivity index is 1.54. The van der Waals surface area contributed by atoms with Gasteiger partial charge in [0, 0.05) is 32.2 Å². The van der Waals surface area contributed by atoms with Crippen LogP contribution in [-0.4, -0.2) is 73.9 Å². The van der Waals surface area contributed by atoms with Crippen LogP contribution in [0.3, 0.4) is 0 Å². The number of hydrogen-bond donors (Lipinski definition) is 0. The molecule has 6 heteroatoms. The van der Waals surface area contributed by atoms with Gasteiger partial charge in [0.25, 0.3) is 5.91 Å². The predicted octanol–water partition coefficient (Wildman–Crippen LogP) is 2.17. The van der Waals surface area contributed by atoms with Gasteiger partial charge in [-0.05, 0) is 38.8 Å². The minimum absolute atomic E-state index is 0.0484. The second-order valence-corrected chi connectivity index (χ2v) is 7.30. The lowest BCUT2D eigenvalue weighted by Crippen LogP contribution is -2.51. The molecule has 0 N–H and O–H groups in total. The van der Waals surface area contributed by atoms with Gasteiger partial charge in [-0.2, -0.15) is 0 Å². The highest BCUT2D eigenvalue weighted by Crippen LogP contribution is 2.26. The number of likely N-dealkylation sites (tertiary alicyclic amines) is 1. The largest absolute Gasteiger partial charge is 0.493 e. The number of benzene rings is 1. The lowest BCUT2D eigenvalue weighted by Gasteiger charge is -2.38. The Kier molecular flexibility index (Phi) is 6.38. The van der Waals surface area contributed by atoms with Crippen molar-refractivity contribution in [3.05, 3.63) is 24.3 Å². The molecule has 1 amide bonds. The van der Waals surface area contributed by atoms with Crippen molar-refractivity contribution in [2.45, 2.75) is 44.9 Å². The zero-order valence-corrected chi connectivity index (χ0v) is 16.0. The van der Waals surface area contributed by atoms with Gasteiger partial charge in [-0.1, -0.05) is 12.1 Å². The predicted molar refractivity (Wildman–Crippen MR) is 99.7 cm³/mol. The van der Waals surface area contributed by atoms with Crippen LogP contribution in [0.2, 0.25) is 0 Å². The molecule has 26 heavy (non-hydrogen) atoms. The summed E-state index contributed by atoms with van der Waals surface area (Å²) in [6, 6.07) is 7.68.